The number of carboxylic acids is 1. The molecular weight excluding hydrogens is 248 g/mol. The molecule has 1 aromatic heterocycles. The van der Waals surface area contributed by atoms with E-state index in [0.29, 0.717) is 11.7 Å². The summed E-state index contributed by atoms with van der Waals surface area (Å²) in [4.78, 5) is 23.1. The highest BCUT2D eigenvalue weighted by atomic mass is 16.5. The maximum absolute atomic E-state index is 12.0. The minimum absolute atomic E-state index is 0.136. The molecule has 0 spiro atoms. The minimum Gasteiger partial charge on any atom is -0.480 e. The van der Waals surface area contributed by atoms with Gasteiger partial charge in [-0.2, -0.15) is 0 Å². The van der Waals surface area contributed by atoms with Gasteiger partial charge >= 0.3 is 5.97 Å². The third-order valence-electron chi connectivity index (χ3n) is 3.13. The fourth-order valence-corrected chi connectivity index (χ4v) is 1.81. The van der Waals surface area contributed by atoms with Crippen molar-refractivity contribution in [3.05, 3.63) is 17.5 Å². The number of hydrogen-bond acceptors (Lipinski definition) is 4. The van der Waals surface area contributed by atoms with Gasteiger partial charge in [0.05, 0.1) is 0 Å². The van der Waals surface area contributed by atoms with Crippen molar-refractivity contribution in [3.8, 4) is 0 Å². The number of aliphatic carboxylic acids is 1. The Morgan fingerprint density at radius 1 is 1.47 bits per heavy atom. The van der Waals surface area contributed by atoms with E-state index in [1.54, 1.807) is 26.8 Å². The summed E-state index contributed by atoms with van der Waals surface area (Å²) in [6.45, 7) is 5.26. The van der Waals surface area contributed by atoms with E-state index in [2.05, 4.69) is 10.5 Å². The van der Waals surface area contributed by atoms with Crippen LogP contribution in [0.2, 0.25) is 0 Å². The molecule has 0 aromatic carbocycles. The number of aromatic nitrogens is 1. The summed E-state index contributed by atoms with van der Waals surface area (Å²) in [5.74, 6) is -0.510. The van der Waals surface area contributed by atoms with E-state index in [1.165, 1.54) is 0 Å². The van der Waals surface area contributed by atoms with Gasteiger partial charge in [-0.15, -0.1) is 0 Å². The van der Waals surface area contributed by atoms with Crippen LogP contribution in [-0.4, -0.2) is 28.2 Å². The topological polar surface area (TPSA) is 92.4 Å². The summed E-state index contributed by atoms with van der Waals surface area (Å²) >= 11 is 0. The molecule has 0 saturated heterocycles. The molecule has 6 heteroatoms. The van der Waals surface area contributed by atoms with E-state index >= 15 is 0 Å². The van der Waals surface area contributed by atoms with Crippen LogP contribution in [0.5, 0.6) is 0 Å². The first kappa shape index (κ1) is 13.6. The van der Waals surface area contributed by atoms with Crippen LogP contribution in [-0.2, 0) is 4.79 Å². The summed E-state index contributed by atoms with van der Waals surface area (Å²) in [5.41, 5.74) is -0.442. The van der Waals surface area contributed by atoms with Gasteiger partial charge in [0, 0.05) is 12.0 Å². The van der Waals surface area contributed by atoms with E-state index in [4.69, 9.17) is 9.63 Å². The minimum atomic E-state index is -1.06. The van der Waals surface area contributed by atoms with Gasteiger partial charge in [-0.25, -0.2) is 4.79 Å². The average molecular weight is 266 g/mol. The summed E-state index contributed by atoms with van der Waals surface area (Å²) in [5, 5.41) is 15.3. The zero-order valence-corrected chi connectivity index (χ0v) is 11.3. The molecule has 0 aliphatic heterocycles. The fraction of sp³-hybridized carbons (Fsp3) is 0.615. The predicted octanol–water partition coefficient (Wildman–Crippen LogP) is 1.78. The van der Waals surface area contributed by atoms with Crippen LogP contribution < -0.4 is 5.32 Å². The largest absolute Gasteiger partial charge is 0.480 e. The Bertz CT molecular complexity index is 497. The number of hydrogen-bond donors (Lipinski definition) is 2. The Morgan fingerprint density at radius 3 is 2.58 bits per heavy atom. The lowest BCUT2D eigenvalue weighted by atomic mass is 9.86. The second-order valence-electron chi connectivity index (χ2n) is 6.00. The monoisotopic (exact) mass is 266 g/mol. The second-order valence-corrected chi connectivity index (χ2v) is 6.00. The Morgan fingerprint density at radius 2 is 2.11 bits per heavy atom. The molecule has 1 aliphatic carbocycles. The van der Waals surface area contributed by atoms with Gasteiger partial charge in [0.15, 0.2) is 5.69 Å². The zero-order valence-electron chi connectivity index (χ0n) is 11.3. The van der Waals surface area contributed by atoms with Crippen molar-refractivity contribution < 1.29 is 19.2 Å². The highest BCUT2D eigenvalue weighted by Crippen LogP contribution is 2.40. The maximum atomic E-state index is 12.0. The van der Waals surface area contributed by atoms with Crippen LogP contribution in [0.3, 0.4) is 0 Å². The Labute approximate surface area is 111 Å². The maximum Gasteiger partial charge on any atom is 0.326 e. The third-order valence-corrected chi connectivity index (χ3v) is 3.13. The van der Waals surface area contributed by atoms with Crippen LogP contribution >= 0.6 is 0 Å². The van der Waals surface area contributed by atoms with Crippen LogP contribution in [0, 0.1) is 5.41 Å². The molecule has 6 nitrogen and oxygen atoms in total. The van der Waals surface area contributed by atoms with Gasteiger partial charge in [0.2, 0.25) is 0 Å². The second kappa shape index (κ2) is 4.68. The molecular formula is C13H18N2O4. The molecule has 1 aromatic rings. The third kappa shape index (κ3) is 3.13. The fourth-order valence-electron chi connectivity index (χ4n) is 1.81. The summed E-state index contributed by atoms with van der Waals surface area (Å²) in [6, 6.07) is 0.621. The number of carboxylic acid groups (broad SMARTS) is 1. The first-order chi connectivity index (χ1) is 8.79. The summed E-state index contributed by atoms with van der Waals surface area (Å²) in [7, 11) is 0. The van der Waals surface area contributed by atoms with E-state index < -0.39 is 23.3 Å². The number of nitrogens with one attached hydrogen (secondary N) is 1. The van der Waals surface area contributed by atoms with E-state index in [1.807, 2.05) is 0 Å². The van der Waals surface area contributed by atoms with Crippen molar-refractivity contribution in [3.63, 3.8) is 0 Å². The van der Waals surface area contributed by atoms with Gasteiger partial charge in [0.1, 0.15) is 11.8 Å². The van der Waals surface area contributed by atoms with Crippen LogP contribution in [0.4, 0.5) is 0 Å². The van der Waals surface area contributed by atoms with Gasteiger partial charge in [-0.05, 0) is 18.3 Å². The van der Waals surface area contributed by atoms with Crippen LogP contribution in [0.15, 0.2) is 10.6 Å². The average Bonchev–Trinajstić information content (AvgIpc) is 3.02. The quantitative estimate of drug-likeness (QED) is 0.866. The van der Waals surface area contributed by atoms with Gasteiger partial charge in [-0.1, -0.05) is 25.9 Å². The molecule has 1 amide bonds. The van der Waals surface area contributed by atoms with Gasteiger partial charge in [0.25, 0.3) is 5.91 Å². The summed E-state index contributed by atoms with van der Waals surface area (Å²) in [6.07, 6.45) is 2.10. The molecule has 2 rings (SSSR count). The number of rotatable bonds is 4. The molecule has 0 bridgehead atoms. The lowest BCUT2D eigenvalue weighted by Gasteiger charge is -2.27. The lowest BCUT2D eigenvalue weighted by molar-refractivity contribution is -0.142. The SMILES string of the molecule is CC(C)(C)[C@@H](NC(=O)c1cc(C2CC2)on1)C(=O)O. The molecule has 2 N–H and O–H groups in total. The molecule has 0 radical (unpaired) electrons. The highest BCUT2D eigenvalue weighted by molar-refractivity contribution is 5.95. The van der Waals surface area contributed by atoms with Crippen molar-refractivity contribution in [2.45, 2.75) is 45.6 Å². The Hall–Kier alpha value is -1.85. The highest BCUT2D eigenvalue weighted by Gasteiger charge is 2.34. The standard InChI is InChI=1S/C13H18N2O4/c1-13(2,3)10(12(17)18)14-11(16)8-6-9(19-15-8)7-4-5-7/h6-7,10H,4-5H2,1-3H3,(H,14,16)(H,17,18)/t10-/m0/s1. The molecule has 1 saturated carbocycles. The van der Waals surface area contributed by atoms with E-state index in [9.17, 15) is 9.59 Å². The van der Waals surface area contributed by atoms with Crippen molar-refractivity contribution in [2.24, 2.45) is 5.41 Å². The molecule has 104 valence electrons. The Kier molecular flexibility index (Phi) is 3.34. The first-order valence-corrected chi connectivity index (χ1v) is 6.29. The molecule has 1 heterocycles. The number of nitrogens with zero attached hydrogens (tertiary/aromatic N) is 1. The van der Waals surface area contributed by atoms with E-state index in [0.717, 1.165) is 12.8 Å². The van der Waals surface area contributed by atoms with Crippen LogP contribution in [0.25, 0.3) is 0 Å². The van der Waals surface area contributed by atoms with Crippen molar-refractivity contribution in [1.29, 1.82) is 0 Å². The first-order valence-electron chi connectivity index (χ1n) is 6.29. The molecule has 1 aliphatic rings. The van der Waals surface area contributed by atoms with Crippen LogP contribution in [0.1, 0.15) is 55.8 Å². The van der Waals surface area contributed by atoms with Crippen molar-refractivity contribution in [1.82, 2.24) is 10.5 Å². The number of amides is 1. The number of carbonyl (C=O) groups is 2. The molecule has 0 unspecified atom stereocenters. The zero-order chi connectivity index (χ0) is 14.2. The van der Waals surface area contributed by atoms with Crippen molar-refractivity contribution in [2.75, 3.05) is 0 Å². The van der Waals surface area contributed by atoms with Crippen molar-refractivity contribution >= 4 is 11.9 Å². The van der Waals surface area contributed by atoms with E-state index in [-0.39, 0.29) is 5.69 Å². The van der Waals surface area contributed by atoms with Gasteiger partial charge < -0.3 is 14.9 Å². The number of carbonyl (C=O) groups excluding carboxylic acids is 1. The summed E-state index contributed by atoms with van der Waals surface area (Å²) < 4.78 is 5.08. The molecule has 1 atom stereocenters. The van der Waals surface area contributed by atoms with Gasteiger partial charge in [-0.3, -0.25) is 4.79 Å². The smallest absolute Gasteiger partial charge is 0.326 e. The molecule has 19 heavy (non-hydrogen) atoms. The molecule has 1 fully saturated rings. The Balaban J connectivity index is 2.07. The normalized spacial score (nSPS) is 17.0. The lowest BCUT2D eigenvalue weighted by Crippen LogP contribution is -2.49. The predicted molar refractivity (Wildman–Crippen MR) is 66.8 cm³/mol.